The van der Waals surface area contributed by atoms with Gasteiger partial charge in [-0.1, -0.05) is 30.3 Å². The SMILES string of the molecule is CCOC(=O)C(C#N)C(N=Nc1ccc([N+](=O)[O-])cc1)c1ccccc1. The molecule has 2 aromatic carbocycles. The molecule has 0 N–H and O–H groups in total. The van der Waals surface area contributed by atoms with Crippen LogP contribution in [0, 0.1) is 27.4 Å². The number of nitriles is 1. The highest BCUT2D eigenvalue weighted by Gasteiger charge is 2.31. The number of carbonyl (C=O) groups excluding carboxylic acids is 1. The molecule has 0 fully saturated rings. The minimum Gasteiger partial charge on any atom is -0.465 e. The van der Waals surface area contributed by atoms with E-state index < -0.39 is 22.9 Å². The maximum absolute atomic E-state index is 12.1. The molecular weight excluding hydrogens is 336 g/mol. The van der Waals surface area contributed by atoms with Crippen molar-refractivity contribution in [1.29, 1.82) is 5.26 Å². The predicted molar refractivity (Wildman–Crippen MR) is 92.5 cm³/mol. The Labute approximate surface area is 149 Å². The Balaban J connectivity index is 2.33. The van der Waals surface area contributed by atoms with Gasteiger partial charge in [-0.25, -0.2) is 0 Å². The van der Waals surface area contributed by atoms with E-state index in [0.29, 0.717) is 11.3 Å². The summed E-state index contributed by atoms with van der Waals surface area (Å²) in [5, 5.41) is 28.3. The van der Waals surface area contributed by atoms with E-state index in [-0.39, 0.29) is 12.3 Å². The van der Waals surface area contributed by atoms with Gasteiger partial charge in [0.2, 0.25) is 0 Å². The topological polar surface area (TPSA) is 118 Å². The Morgan fingerprint density at radius 3 is 2.42 bits per heavy atom. The van der Waals surface area contributed by atoms with Crippen LogP contribution in [0.5, 0.6) is 0 Å². The van der Waals surface area contributed by atoms with Gasteiger partial charge in [-0.2, -0.15) is 15.5 Å². The van der Waals surface area contributed by atoms with Gasteiger partial charge in [-0.3, -0.25) is 14.9 Å². The summed E-state index contributed by atoms with van der Waals surface area (Å²) in [6.07, 6.45) is 0. The Hall–Kier alpha value is -3.60. The lowest BCUT2D eigenvalue weighted by Crippen LogP contribution is -2.22. The van der Waals surface area contributed by atoms with Gasteiger partial charge >= 0.3 is 5.97 Å². The highest BCUT2D eigenvalue weighted by Crippen LogP contribution is 2.29. The molecule has 132 valence electrons. The van der Waals surface area contributed by atoms with Crippen molar-refractivity contribution in [2.24, 2.45) is 16.1 Å². The minimum absolute atomic E-state index is 0.0648. The predicted octanol–water partition coefficient (Wildman–Crippen LogP) is 4.12. The van der Waals surface area contributed by atoms with Gasteiger partial charge in [-0.05, 0) is 24.6 Å². The summed E-state index contributed by atoms with van der Waals surface area (Å²) in [5.74, 6) is -1.83. The molecule has 0 aliphatic heterocycles. The fourth-order valence-electron chi connectivity index (χ4n) is 2.23. The summed E-state index contributed by atoms with van der Waals surface area (Å²) in [5.41, 5.74) is 0.944. The summed E-state index contributed by atoms with van der Waals surface area (Å²) in [7, 11) is 0. The van der Waals surface area contributed by atoms with Crippen LogP contribution in [-0.4, -0.2) is 17.5 Å². The zero-order chi connectivity index (χ0) is 18.9. The van der Waals surface area contributed by atoms with E-state index in [1.165, 1.54) is 24.3 Å². The lowest BCUT2D eigenvalue weighted by atomic mass is 9.95. The van der Waals surface area contributed by atoms with Gasteiger partial charge in [0.15, 0.2) is 5.92 Å². The fraction of sp³-hybridized carbons (Fsp3) is 0.222. The van der Waals surface area contributed by atoms with Crippen LogP contribution in [-0.2, 0) is 9.53 Å². The molecule has 0 heterocycles. The number of nitro groups is 1. The number of hydrogen-bond donors (Lipinski definition) is 0. The van der Waals surface area contributed by atoms with Crippen molar-refractivity contribution in [3.05, 3.63) is 70.3 Å². The number of azo groups is 1. The molecule has 0 aromatic heterocycles. The first-order valence-corrected chi connectivity index (χ1v) is 7.83. The molecule has 2 atom stereocenters. The Morgan fingerprint density at radius 1 is 1.23 bits per heavy atom. The number of ether oxygens (including phenoxy) is 1. The molecule has 0 saturated heterocycles. The van der Waals surface area contributed by atoms with E-state index in [4.69, 9.17) is 4.74 Å². The van der Waals surface area contributed by atoms with Crippen molar-refractivity contribution >= 4 is 17.3 Å². The summed E-state index contributed by atoms with van der Waals surface area (Å²) >= 11 is 0. The Bertz CT molecular complexity index is 829. The van der Waals surface area contributed by atoms with Crippen molar-refractivity contribution in [2.75, 3.05) is 6.61 Å². The molecule has 0 spiro atoms. The van der Waals surface area contributed by atoms with Crippen LogP contribution in [0.25, 0.3) is 0 Å². The molecular formula is C18H16N4O4. The molecule has 2 unspecified atom stereocenters. The fourth-order valence-corrected chi connectivity index (χ4v) is 2.23. The van der Waals surface area contributed by atoms with E-state index in [2.05, 4.69) is 10.2 Å². The van der Waals surface area contributed by atoms with Crippen LogP contribution in [0.4, 0.5) is 11.4 Å². The molecule has 0 amide bonds. The van der Waals surface area contributed by atoms with Crippen molar-refractivity contribution in [3.8, 4) is 6.07 Å². The van der Waals surface area contributed by atoms with E-state index in [0.717, 1.165) is 0 Å². The molecule has 2 rings (SSSR count). The number of rotatable bonds is 7. The first-order valence-electron chi connectivity index (χ1n) is 7.83. The maximum atomic E-state index is 12.1. The van der Waals surface area contributed by atoms with E-state index in [9.17, 15) is 20.2 Å². The maximum Gasteiger partial charge on any atom is 0.326 e. The molecule has 0 radical (unpaired) electrons. The zero-order valence-electron chi connectivity index (χ0n) is 14.0. The highest BCUT2D eigenvalue weighted by atomic mass is 16.6. The van der Waals surface area contributed by atoms with E-state index >= 15 is 0 Å². The third kappa shape index (κ3) is 4.70. The first-order chi connectivity index (χ1) is 12.6. The number of non-ortho nitro benzene ring substituents is 1. The molecule has 0 aliphatic rings. The third-order valence-electron chi connectivity index (χ3n) is 3.49. The average molecular weight is 352 g/mol. The van der Waals surface area contributed by atoms with Crippen LogP contribution in [0.3, 0.4) is 0 Å². The second-order valence-corrected chi connectivity index (χ2v) is 5.20. The van der Waals surface area contributed by atoms with Crippen LogP contribution in [0.15, 0.2) is 64.8 Å². The summed E-state index contributed by atoms with van der Waals surface area (Å²) in [6, 6.07) is 15.4. The van der Waals surface area contributed by atoms with Crippen LogP contribution in [0.1, 0.15) is 18.5 Å². The monoisotopic (exact) mass is 352 g/mol. The number of nitro benzene ring substituents is 1. The molecule has 2 aromatic rings. The number of carbonyl (C=O) groups is 1. The number of hydrogen-bond acceptors (Lipinski definition) is 7. The van der Waals surface area contributed by atoms with Gasteiger partial charge < -0.3 is 4.74 Å². The minimum atomic E-state index is -1.15. The molecule has 0 bridgehead atoms. The smallest absolute Gasteiger partial charge is 0.326 e. The quantitative estimate of drug-likeness (QED) is 0.321. The first kappa shape index (κ1) is 18.7. The summed E-state index contributed by atoms with van der Waals surface area (Å²) in [4.78, 5) is 22.3. The number of benzene rings is 2. The average Bonchev–Trinajstić information content (AvgIpc) is 2.66. The molecule has 0 aliphatic carbocycles. The lowest BCUT2D eigenvalue weighted by Gasteiger charge is -2.16. The molecule has 8 nitrogen and oxygen atoms in total. The second-order valence-electron chi connectivity index (χ2n) is 5.20. The lowest BCUT2D eigenvalue weighted by molar-refractivity contribution is -0.384. The molecule has 0 saturated carbocycles. The van der Waals surface area contributed by atoms with Crippen molar-refractivity contribution < 1.29 is 14.5 Å². The van der Waals surface area contributed by atoms with E-state index in [1.807, 2.05) is 6.07 Å². The van der Waals surface area contributed by atoms with E-state index in [1.54, 1.807) is 37.3 Å². The van der Waals surface area contributed by atoms with Crippen LogP contribution >= 0.6 is 0 Å². The summed E-state index contributed by atoms with van der Waals surface area (Å²) < 4.78 is 4.95. The standard InChI is InChI=1S/C18H16N4O4/c1-2-26-18(23)16(12-19)17(13-6-4-3-5-7-13)21-20-14-8-10-15(11-9-14)22(24)25/h3-11,16-17H,2H2,1H3. The van der Waals surface area contributed by atoms with Gasteiger partial charge in [0.25, 0.3) is 5.69 Å². The highest BCUT2D eigenvalue weighted by molar-refractivity contribution is 5.76. The van der Waals surface area contributed by atoms with Gasteiger partial charge in [-0.15, -0.1) is 0 Å². The Kier molecular flexibility index (Phi) is 6.51. The summed E-state index contributed by atoms with van der Waals surface area (Å²) in [6.45, 7) is 1.81. The van der Waals surface area contributed by atoms with Gasteiger partial charge in [0, 0.05) is 12.1 Å². The van der Waals surface area contributed by atoms with Gasteiger partial charge in [0.05, 0.1) is 23.3 Å². The van der Waals surface area contributed by atoms with Gasteiger partial charge in [0.1, 0.15) is 6.04 Å². The zero-order valence-corrected chi connectivity index (χ0v) is 14.0. The van der Waals surface area contributed by atoms with Crippen molar-refractivity contribution in [1.82, 2.24) is 0 Å². The number of nitrogens with zero attached hydrogens (tertiary/aromatic N) is 4. The van der Waals surface area contributed by atoms with Crippen molar-refractivity contribution in [2.45, 2.75) is 13.0 Å². The molecule has 8 heteroatoms. The second kappa shape index (κ2) is 9.03. The van der Waals surface area contributed by atoms with Crippen molar-refractivity contribution in [3.63, 3.8) is 0 Å². The largest absolute Gasteiger partial charge is 0.465 e. The normalized spacial score (nSPS) is 12.9. The molecule has 26 heavy (non-hydrogen) atoms. The number of esters is 1. The van der Waals surface area contributed by atoms with Crippen LogP contribution < -0.4 is 0 Å². The van der Waals surface area contributed by atoms with Crippen LogP contribution in [0.2, 0.25) is 0 Å². The Morgan fingerprint density at radius 2 is 1.88 bits per heavy atom. The third-order valence-corrected chi connectivity index (χ3v) is 3.49.